The maximum atomic E-state index is 12.4. The van der Waals surface area contributed by atoms with Crippen molar-refractivity contribution < 1.29 is 19.1 Å². The van der Waals surface area contributed by atoms with Gasteiger partial charge >= 0.3 is 12.2 Å². The van der Waals surface area contributed by atoms with Crippen molar-refractivity contribution in [3.8, 4) is 11.4 Å². The third kappa shape index (κ3) is 9.53. The van der Waals surface area contributed by atoms with E-state index < -0.39 is 17.3 Å². The molecule has 5 rings (SSSR count). The summed E-state index contributed by atoms with van der Waals surface area (Å²) in [4.78, 5) is 43.1. The van der Waals surface area contributed by atoms with E-state index in [0.29, 0.717) is 23.1 Å². The maximum Gasteiger partial charge on any atom is 0.407 e. The normalized spacial score (nSPS) is 17.4. The molecule has 1 atom stereocenters. The number of nitrogens with one attached hydrogen (secondary N) is 4. The van der Waals surface area contributed by atoms with Gasteiger partial charge in [-0.25, -0.2) is 29.5 Å². The second kappa shape index (κ2) is 14.2. The zero-order valence-corrected chi connectivity index (χ0v) is 27.9. The highest BCUT2D eigenvalue weighted by atomic mass is 16.6. The number of rotatable bonds is 9. The van der Waals surface area contributed by atoms with Crippen LogP contribution in [0.5, 0.6) is 0 Å². The third-order valence-electron chi connectivity index (χ3n) is 7.49. The van der Waals surface area contributed by atoms with E-state index in [1.54, 1.807) is 18.6 Å². The van der Waals surface area contributed by atoms with Gasteiger partial charge in [0.05, 0.1) is 23.6 Å². The molecule has 250 valence electrons. The lowest BCUT2D eigenvalue weighted by molar-refractivity contribution is 0.0488. The van der Waals surface area contributed by atoms with Gasteiger partial charge in [0.1, 0.15) is 11.2 Å². The SMILES string of the molecule is CC(C)(C)OC(=O)NCC(Nc1nccc(-c2cnc3c(N[C@H]4CC[C@H](NC(=O)OC(C)(C)C)CC4)nccn23)n1)c1ccccc1. The molecule has 2 amide bonds. The molecule has 0 saturated heterocycles. The molecule has 1 unspecified atom stereocenters. The van der Waals surface area contributed by atoms with Gasteiger partial charge in [0, 0.05) is 37.2 Å². The first-order valence-electron chi connectivity index (χ1n) is 16.0. The topological polar surface area (TPSA) is 157 Å². The molecule has 13 nitrogen and oxygen atoms in total. The molecule has 1 aliphatic carbocycles. The number of anilines is 2. The molecule has 1 aromatic carbocycles. The van der Waals surface area contributed by atoms with E-state index in [4.69, 9.17) is 14.5 Å². The van der Waals surface area contributed by atoms with Crippen molar-refractivity contribution in [2.75, 3.05) is 17.2 Å². The molecular formula is C34H45N9O4. The molecule has 1 saturated carbocycles. The van der Waals surface area contributed by atoms with Gasteiger partial charge in [0.2, 0.25) is 5.95 Å². The lowest BCUT2D eigenvalue weighted by Gasteiger charge is -2.30. The standard InChI is InChI=1S/C34H45N9O4/c1-33(2,3)46-31(44)38-20-26(22-10-8-7-9-11-22)42-30-36-17-16-25(41-30)27-21-37-29-28(35-18-19-43(27)29)39-23-12-14-24(15-13-23)40-32(45)47-34(4,5)6/h7-11,16-19,21,23-24,26H,12-15,20H2,1-6H3,(H,35,39)(H,38,44)(H,40,45)(H,36,41,42)/t23-,24-,26?. The number of hydrogen-bond donors (Lipinski definition) is 4. The highest BCUT2D eigenvalue weighted by Gasteiger charge is 2.26. The average molecular weight is 644 g/mol. The van der Waals surface area contributed by atoms with Gasteiger partial charge in [-0.3, -0.25) is 4.40 Å². The Morgan fingerprint density at radius 2 is 1.55 bits per heavy atom. The van der Waals surface area contributed by atoms with Crippen LogP contribution in [0.1, 0.15) is 78.8 Å². The van der Waals surface area contributed by atoms with Crippen LogP contribution in [0, 0.1) is 0 Å². The first-order valence-corrected chi connectivity index (χ1v) is 16.0. The molecule has 4 aromatic rings. The summed E-state index contributed by atoms with van der Waals surface area (Å²) in [6.45, 7) is 11.3. The first-order chi connectivity index (χ1) is 22.3. The fraction of sp³-hybridized carbons (Fsp3) is 0.471. The number of hydrogen-bond acceptors (Lipinski definition) is 10. The minimum atomic E-state index is -0.601. The number of aromatic nitrogens is 5. The van der Waals surface area contributed by atoms with Gasteiger partial charge in [-0.2, -0.15) is 0 Å². The van der Waals surface area contributed by atoms with Gasteiger partial charge < -0.3 is 30.7 Å². The Bertz CT molecular complexity index is 1660. The third-order valence-corrected chi connectivity index (χ3v) is 7.49. The highest BCUT2D eigenvalue weighted by Crippen LogP contribution is 2.27. The average Bonchev–Trinajstić information content (AvgIpc) is 3.44. The molecule has 3 heterocycles. The molecule has 4 N–H and O–H groups in total. The summed E-state index contributed by atoms with van der Waals surface area (Å²) in [6, 6.07) is 11.6. The van der Waals surface area contributed by atoms with Crippen LogP contribution in [0.4, 0.5) is 21.4 Å². The Labute approximate surface area is 275 Å². The first kappa shape index (κ1) is 33.4. The van der Waals surface area contributed by atoms with Gasteiger partial charge in [-0.1, -0.05) is 30.3 Å². The van der Waals surface area contributed by atoms with E-state index in [2.05, 4.69) is 36.2 Å². The molecule has 0 radical (unpaired) electrons. The Morgan fingerprint density at radius 1 is 0.872 bits per heavy atom. The van der Waals surface area contributed by atoms with Gasteiger partial charge in [0.25, 0.3) is 0 Å². The quantitative estimate of drug-likeness (QED) is 0.168. The summed E-state index contributed by atoms with van der Waals surface area (Å²) in [7, 11) is 0. The predicted molar refractivity (Wildman–Crippen MR) is 180 cm³/mol. The maximum absolute atomic E-state index is 12.4. The Kier molecular flexibility index (Phi) is 10.1. The lowest BCUT2D eigenvalue weighted by Crippen LogP contribution is -2.42. The number of alkyl carbamates (subject to hydrolysis) is 2. The number of carbonyl (C=O) groups is 2. The molecule has 1 fully saturated rings. The lowest BCUT2D eigenvalue weighted by atomic mass is 9.91. The molecule has 0 aliphatic heterocycles. The summed E-state index contributed by atoms with van der Waals surface area (Å²) >= 11 is 0. The van der Waals surface area contributed by atoms with Crippen molar-refractivity contribution >= 4 is 29.6 Å². The number of amides is 2. The van der Waals surface area contributed by atoms with Crippen LogP contribution in [-0.4, -0.2) is 66.4 Å². The minimum Gasteiger partial charge on any atom is -0.444 e. The van der Waals surface area contributed by atoms with Crippen LogP contribution in [-0.2, 0) is 9.47 Å². The van der Waals surface area contributed by atoms with Gasteiger partial charge in [-0.05, 0) is 78.9 Å². The molecular weight excluding hydrogens is 598 g/mol. The van der Waals surface area contributed by atoms with Gasteiger partial charge in [-0.15, -0.1) is 0 Å². The van der Waals surface area contributed by atoms with E-state index in [1.165, 1.54) is 0 Å². The van der Waals surface area contributed by atoms with Crippen LogP contribution in [0.25, 0.3) is 17.0 Å². The number of carbonyl (C=O) groups excluding carboxylic acids is 2. The smallest absolute Gasteiger partial charge is 0.407 e. The van der Waals surface area contributed by atoms with Crippen LogP contribution in [0.15, 0.2) is 61.2 Å². The van der Waals surface area contributed by atoms with Crippen LogP contribution < -0.4 is 21.3 Å². The molecule has 0 bridgehead atoms. The summed E-state index contributed by atoms with van der Waals surface area (Å²) in [5.74, 6) is 1.09. The number of ether oxygens (including phenoxy) is 2. The van der Waals surface area contributed by atoms with Crippen molar-refractivity contribution in [3.63, 3.8) is 0 Å². The fourth-order valence-corrected chi connectivity index (χ4v) is 5.42. The summed E-state index contributed by atoms with van der Waals surface area (Å²) < 4.78 is 12.8. The Balaban J connectivity index is 1.26. The Morgan fingerprint density at radius 3 is 2.26 bits per heavy atom. The number of imidazole rings is 1. The van der Waals surface area contributed by atoms with Crippen LogP contribution in [0.3, 0.4) is 0 Å². The van der Waals surface area contributed by atoms with Crippen molar-refractivity contribution in [2.45, 2.75) is 96.6 Å². The van der Waals surface area contributed by atoms with E-state index in [0.717, 1.165) is 36.9 Å². The van der Waals surface area contributed by atoms with Crippen molar-refractivity contribution in [1.29, 1.82) is 0 Å². The minimum absolute atomic E-state index is 0.0832. The van der Waals surface area contributed by atoms with E-state index in [9.17, 15) is 9.59 Å². The number of fused-ring (bicyclic) bond motifs is 1. The van der Waals surface area contributed by atoms with Gasteiger partial charge in [0.15, 0.2) is 11.5 Å². The fourth-order valence-electron chi connectivity index (χ4n) is 5.42. The number of benzene rings is 1. The summed E-state index contributed by atoms with van der Waals surface area (Å²) in [5, 5.41) is 12.8. The van der Waals surface area contributed by atoms with Crippen molar-refractivity contribution in [2.24, 2.45) is 0 Å². The van der Waals surface area contributed by atoms with E-state index in [1.807, 2.05) is 88.5 Å². The Hall–Kier alpha value is -4.94. The zero-order chi connectivity index (χ0) is 33.6. The zero-order valence-electron chi connectivity index (χ0n) is 27.9. The predicted octanol–water partition coefficient (Wildman–Crippen LogP) is 6.11. The number of nitrogens with zero attached hydrogens (tertiary/aromatic N) is 5. The molecule has 13 heteroatoms. The highest BCUT2D eigenvalue weighted by molar-refractivity contribution is 5.70. The van der Waals surface area contributed by atoms with Crippen LogP contribution >= 0.6 is 0 Å². The van der Waals surface area contributed by atoms with E-state index >= 15 is 0 Å². The summed E-state index contributed by atoms with van der Waals surface area (Å²) in [5.41, 5.74) is 1.98. The second-order valence-corrected chi connectivity index (χ2v) is 13.7. The van der Waals surface area contributed by atoms with Crippen LogP contribution in [0.2, 0.25) is 0 Å². The monoisotopic (exact) mass is 643 g/mol. The molecule has 3 aromatic heterocycles. The molecule has 47 heavy (non-hydrogen) atoms. The largest absolute Gasteiger partial charge is 0.444 e. The molecule has 0 spiro atoms. The molecule has 1 aliphatic rings. The van der Waals surface area contributed by atoms with Crippen molar-refractivity contribution in [3.05, 3.63) is 66.7 Å². The van der Waals surface area contributed by atoms with E-state index in [-0.39, 0.29) is 30.8 Å². The second-order valence-electron chi connectivity index (χ2n) is 13.7. The van der Waals surface area contributed by atoms with Crippen molar-refractivity contribution in [1.82, 2.24) is 35.0 Å². The summed E-state index contributed by atoms with van der Waals surface area (Å²) in [6.07, 6.45) is 9.63.